The number of aliphatic imine (C=N–C) groups is 1. The maximum Gasteiger partial charge on any atom is 0.191 e. The molecule has 0 spiro atoms. The highest BCUT2D eigenvalue weighted by Crippen LogP contribution is 2.22. The summed E-state index contributed by atoms with van der Waals surface area (Å²) in [5.74, 6) is 2.04. The summed E-state index contributed by atoms with van der Waals surface area (Å²) < 4.78 is 23.6. The van der Waals surface area contributed by atoms with Crippen LogP contribution in [-0.4, -0.2) is 46.0 Å². The van der Waals surface area contributed by atoms with Crippen LogP contribution in [0.2, 0.25) is 0 Å². The molecule has 0 aromatic heterocycles. The van der Waals surface area contributed by atoms with Crippen molar-refractivity contribution in [2.75, 3.05) is 40.1 Å². The van der Waals surface area contributed by atoms with Gasteiger partial charge in [-0.3, -0.25) is 9.38 Å². The first-order valence-electron chi connectivity index (χ1n) is 8.53. The number of alkyl halides is 1. The monoisotopic (exact) mass is 337 g/mol. The molecule has 2 N–H and O–H groups in total. The fraction of sp³-hybridized carbons (Fsp3) is 0.611. The summed E-state index contributed by atoms with van der Waals surface area (Å²) in [6.45, 7) is 5.19. The standard InChI is InChI=1S/C18H28FN3O2/c1-14-4-5-16(11-22-18(20-2)21-8-3-7-19)17(10-14)24-13-15-6-9-23-12-15/h4-5,10,15H,3,6-9,11-13H2,1-2H3,(H2,20,21,22). The Bertz CT molecular complexity index is 531. The Labute approximate surface area is 143 Å². The minimum absolute atomic E-state index is 0.329. The molecule has 1 aromatic carbocycles. The van der Waals surface area contributed by atoms with Crippen molar-refractivity contribution in [1.82, 2.24) is 10.6 Å². The van der Waals surface area contributed by atoms with E-state index in [0.29, 0.717) is 38.0 Å². The predicted molar refractivity (Wildman–Crippen MR) is 94.4 cm³/mol. The van der Waals surface area contributed by atoms with Crippen molar-refractivity contribution in [3.63, 3.8) is 0 Å². The van der Waals surface area contributed by atoms with Crippen molar-refractivity contribution in [1.29, 1.82) is 0 Å². The van der Waals surface area contributed by atoms with Crippen molar-refractivity contribution in [3.05, 3.63) is 29.3 Å². The molecule has 1 heterocycles. The first kappa shape index (κ1) is 18.5. The maximum absolute atomic E-state index is 12.2. The van der Waals surface area contributed by atoms with E-state index >= 15 is 0 Å². The Kier molecular flexibility index (Phi) is 7.82. The molecule has 1 aliphatic heterocycles. The summed E-state index contributed by atoms with van der Waals surface area (Å²) in [5, 5.41) is 6.33. The second-order valence-electron chi connectivity index (χ2n) is 6.05. The third kappa shape index (κ3) is 6.00. The van der Waals surface area contributed by atoms with E-state index in [4.69, 9.17) is 9.47 Å². The van der Waals surface area contributed by atoms with E-state index < -0.39 is 0 Å². The van der Waals surface area contributed by atoms with Crippen LogP contribution in [0, 0.1) is 12.8 Å². The minimum Gasteiger partial charge on any atom is -0.493 e. The van der Waals surface area contributed by atoms with E-state index in [2.05, 4.69) is 40.7 Å². The molecule has 0 aliphatic carbocycles. The van der Waals surface area contributed by atoms with E-state index in [1.165, 1.54) is 5.56 Å². The Morgan fingerprint density at radius 2 is 2.29 bits per heavy atom. The van der Waals surface area contributed by atoms with Gasteiger partial charge < -0.3 is 20.1 Å². The van der Waals surface area contributed by atoms with Gasteiger partial charge in [-0.2, -0.15) is 0 Å². The number of nitrogens with one attached hydrogen (secondary N) is 2. The number of halogens is 1. The topological polar surface area (TPSA) is 54.9 Å². The molecule has 0 amide bonds. The van der Waals surface area contributed by atoms with Crippen LogP contribution in [0.1, 0.15) is 24.0 Å². The van der Waals surface area contributed by atoms with Crippen LogP contribution < -0.4 is 15.4 Å². The lowest BCUT2D eigenvalue weighted by Crippen LogP contribution is -2.37. The van der Waals surface area contributed by atoms with Crippen LogP contribution in [0.15, 0.2) is 23.2 Å². The van der Waals surface area contributed by atoms with Gasteiger partial charge in [-0.25, -0.2) is 0 Å². The molecule has 134 valence electrons. The number of nitrogens with zero attached hydrogens (tertiary/aromatic N) is 1. The second kappa shape index (κ2) is 10.1. The average molecular weight is 337 g/mol. The van der Waals surface area contributed by atoms with Crippen LogP contribution in [0.4, 0.5) is 4.39 Å². The van der Waals surface area contributed by atoms with Gasteiger partial charge in [-0.1, -0.05) is 12.1 Å². The molecule has 1 aliphatic rings. The molecule has 0 radical (unpaired) electrons. The number of hydrogen-bond donors (Lipinski definition) is 2. The molecule has 1 aromatic rings. The Morgan fingerprint density at radius 3 is 3.00 bits per heavy atom. The van der Waals surface area contributed by atoms with E-state index in [0.717, 1.165) is 30.9 Å². The van der Waals surface area contributed by atoms with Crippen LogP contribution in [0.25, 0.3) is 0 Å². The largest absolute Gasteiger partial charge is 0.493 e. The normalized spacial score (nSPS) is 17.8. The van der Waals surface area contributed by atoms with Crippen molar-refractivity contribution >= 4 is 5.96 Å². The first-order chi connectivity index (χ1) is 11.7. The van der Waals surface area contributed by atoms with Crippen LogP contribution in [0.5, 0.6) is 5.75 Å². The van der Waals surface area contributed by atoms with E-state index in [-0.39, 0.29) is 6.67 Å². The quantitative estimate of drug-likeness (QED) is 0.435. The second-order valence-corrected chi connectivity index (χ2v) is 6.05. The summed E-state index contributed by atoms with van der Waals surface area (Å²) in [4.78, 5) is 4.15. The minimum atomic E-state index is -0.329. The molecule has 1 fully saturated rings. The fourth-order valence-corrected chi connectivity index (χ4v) is 2.54. The SMILES string of the molecule is CN=C(NCCCF)NCc1ccc(C)cc1OCC1CCOC1. The van der Waals surface area contributed by atoms with Crippen LogP contribution in [0.3, 0.4) is 0 Å². The molecular weight excluding hydrogens is 309 g/mol. The molecule has 1 unspecified atom stereocenters. The Balaban J connectivity index is 1.90. The highest BCUT2D eigenvalue weighted by Gasteiger charge is 2.17. The summed E-state index contributed by atoms with van der Waals surface area (Å²) >= 11 is 0. The van der Waals surface area contributed by atoms with E-state index in [1.54, 1.807) is 7.05 Å². The molecule has 5 nitrogen and oxygen atoms in total. The van der Waals surface area contributed by atoms with Gasteiger partial charge in [0.05, 0.1) is 19.9 Å². The fourth-order valence-electron chi connectivity index (χ4n) is 2.54. The Hall–Kier alpha value is -1.82. The number of guanidine groups is 1. The van der Waals surface area contributed by atoms with Gasteiger partial charge in [0, 0.05) is 38.2 Å². The van der Waals surface area contributed by atoms with Crippen molar-refractivity contribution in [2.45, 2.75) is 26.3 Å². The van der Waals surface area contributed by atoms with Gasteiger partial charge in [0.2, 0.25) is 0 Å². The molecular formula is C18H28FN3O2. The van der Waals surface area contributed by atoms with Crippen molar-refractivity contribution in [3.8, 4) is 5.75 Å². The van der Waals surface area contributed by atoms with Gasteiger partial charge in [0.25, 0.3) is 0 Å². The van der Waals surface area contributed by atoms with Crippen LogP contribution >= 0.6 is 0 Å². The summed E-state index contributed by atoms with van der Waals surface area (Å²) in [7, 11) is 1.71. The predicted octanol–water partition coefficient (Wildman–Crippen LogP) is 2.43. The first-order valence-corrected chi connectivity index (χ1v) is 8.53. The summed E-state index contributed by atoms with van der Waals surface area (Å²) in [6.07, 6.45) is 1.54. The van der Waals surface area contributed by atoms with Crippen molar-refractivity contribution in [2.24, 2.45) is 10.9 Å². The van der Waals surface area contributed by atoms with Gasteiger partial charge >= 0.3 is 0 Å². The lowest BCUT2D eigenvalue weighted by Gasteiger charge is -2.16. The molecule has 0 bridgehead atoms. The van der Waals surface area contributed by atoms with Gasteiger partial charge in [-0.05, 0) is 31.4 Å². The van der Waals surface area contributed by atoms with Gasteiger partial charge in [0.15, 0.2) is 5.96 Å². The van der Waals surface area contributed by atoms with Crippen LogP contribution in [-0.2, 0) is 11.3 Å². The zero-order chi connectivity index (χ0) is 17.2. The average Bonchev–Trinajstić information content (AvgIpc) is 3.11. The zero-order valence-corrected chi connectivity index (χ0v) is 14.6. The summed E-state index contributed by atoms with van der Waals surface area (Å²) in [5.41, 5.74) is 2.25. The highest BCUT2D eigenvalue weighted by molar-refractivity contribution is 5.79. The Morgan fingerprint density at radius 1 is 1.42 bits per heavy atom. The number of aryl methyl sites for hydroxylation is 1. The summed E-state index contributed by atoms with van der Waals surface area (Å²) in [6, 6.07) is 6.20. The molecule has 1 saturated heterocycles. The zero-order valence-electron chi connectivity index (χ0n) is 14.6. The van der Waals surface area contributed by atoms with E-state index in [9.17, 15) is 4.39 Å². The number of ether oxygens (including phenoxy) is 2. The number of rotatable bonds is 8. The van der Waals surface area contributed by atoms with Gasteiger partial charge in [-0.15, -0.1) is 0 Å². The highest BCUT2D eigenvalue weighted by atomic mass is 19.1. The van der Waals surface area contributed by atoms with Gasteiger partial charge in [0.1, 0.15) is 5.75 Å². The van der Waals surface area contributed by atoms with E-state index in [1.807, 2.05) is 0 Å². The third-order valence-corrected chi connectivity index (χ3v) is 3.99. The smallest absolute Gasteiger partial charge is 0.191 e. The maximum atomic E-state index is 12.2. The van der Waals surface area contributed by atoms with Crippen molar-refractivity contribution < 1.29 is 13.9 Å². The lowest BCUT2D eigenvalue weighted by molar-refractivity contribution is 0.166. The molecule has 6 heteroatoms. The molecule has 2 rings (SSSR count). The number of benzene rings is 1. The third-order valence-electron chi connectivity index (χ3n) is 3.99. The molecule has 0 saturated carbocycles. The molecule has 24 heavy (non-hydrogen) atoms. The number of hydrogen-bond acceptors (Lipinski definition) is 3. The lowest BCUT2D eigenvalue weighted by atomic mass is 10.1. The molecule has 1 atom stereocenters.